The van der Waals surface area contributed by atoms with Gasteiger partial charge in [-0.2, -0.15) is 0 Å². The maximum atomic E-state index is 6.68. The third-order valence-corrected chi connectivity index (χ3v) is 11.0. The van der Waals surface area contributed by atoms with Crippen molar-refractivity contribution in [3.63, 3.8) is 0 Å². The number of rotatable bonds is 16. The third kappa shape index (κ3) is 6.44. The molecule has 0 aliphatic heterocycles. The van der Waals surface area contributed by atoms with E-state index in [9.17, 15) is 0 Å². The van der Waals surface area contributed by atoms with Crippen molar-refractivity contribution >= 4 is 0 Å². The SMILES string of the molecule is CCC(C)COc1cc2c(cc1OCC(C)CC)C1(c3c[c]ccc3-c3ccccc31)c1cc(OCC(C)CC)c(OCC(C)CC)cc1-2. The molecule has 0 bridgehead atoms. The fourth-order valence-corrected chi connectivity index (χ4v) is 6.93. The molecule has 6 rings (SSSR count). The quantitative estimate of drug-likeness (QED) is 0.104. The highest BCUT2D eigenvalue weighted by atomic mass is 16.5. The number of hydrogen-bond donors (Lipinski definition) is 0. The average Bonchev–Trinajstić information content (AvgIpc) is 3.59. The van der Waals surface area contributed by atoms with E-state index in [-0.39, 0.29) is 0 Å². The number of benzene rings is 4. The van der Waals surface area contributed by atoms with Crippen molar-refractivity contribution in [2.45, 2.75) is 86.5 Å². The lowest BCUT2D eigenvalue weighted by Gasteiger charge is -2.31. The van der Waals surface area contributed by atoms with Crippen LogP contribution in [0.4, 0.5) is 0 Å². The standard InChI is InChI=1S/C45H55O4/c1-9-29(5)25-46-41-21-35-36-22-42(47-26-30(6)10-2)44(49-28-32(8)12-4)24-40(36)45(39(35)23-43(41)48-27-31(7)11-3)37-19-15-13-17-33(37)34-18-14-16-20-38(34)45/h13-15,17-24,29-32H,9-12,25-28H2,1-8H3. The van der Waals surface area contributed by atoms with Crippen molar-refractivity contribution in [2.24, 2.45) is 23.7 Å². The summed E-state index contributed by atoms with van der Waals surface area (Å²) in [6.45, 7) is 20.4. The Hall–Kier alpha value is -3.92. The van der Waals surface area contributed by atoms with Crippen molar-refractivity contribution in [2.75, 3.05) is 26.4 Å². The molecule has 4 atom stereocenters. The van der Waals surface area contributed by atoms with E-state index in [1.165, 1.54) is 33.4 Å². The molecule has 0 heterocycles. The number of fused-ring (bicyclic) bond motifs is 10. The van der Waals surface area contributed by atoms with Gasteiger partial charge in [-0.25, -0.2) is 0 Å². The minimum absolute atomic E-state index is 0.430. The molecule has 1 spiro atoms. The van der Waals surface area contributed by atoms with E-state index < -0.39 is 5.41 Å². The van der Waals surface area contributed by atoms with Crippen molar-refractivity contribution in [3.8, 4) is 45.3 Å². The maximum Gasteiger partial charge on any atom is 0.161 e. The van der Waals surface area contributed by atoms with Crippen LogP contribution in [0.2, 0.25) is 0 Å². The molecule has 2 aliphatic carbocycles. The predicted octanol–water partition coefficient (Wildman–Crippen LogP) is 11.5. The van der Waals surface area contributed by atoms with E-state index in [1.54, 1.807) is 0 Å². The Morgan fingerprint density at radius 2 is 0.898 bits per heavy atom. The molecule has 2 aliphatic rings. The first-order valence-electron chi connectivity index (χ1n) is 18.7. The summed E-state index contributed by atoms with van der Waals surface area (Å²) >= 11 is 0. The first-order chi connectivity index (χ1) is 23.8. The smallest absolute Gasteiger partial charge is 0.161 e. The minimum Gasteiger partial charge on any atom is -0.489 e. The summed E-state index contributed by atoms with van der Waals surface area (Å²) in [7, 11) is 0. The zero-order chi connectivity index (χ0) is 34.7. The second-order valence-electron chi connectivity index (χ2n) is 14.8. The topological polar surface area (TPSA) is 36.9 Å². The van der Waals surface area contributed by atoms with Gasteiger partial charge in [-0.15, -0.1) is 0 Å². The van der Waals surface area contributed by atoms with E-state index in [4.69, 9.17) is 18.9 Å². The van der Waals surface area contributed by atoms with Crippen LogP contribution in [0.5, 0.6) is 23.0 Å². The zero-order valence-electron chi connectivity index (χ0n) is 31.0. The fraction of sp³-hybridized carbons (Fsp3) is 0.467. The normalized spacial score (nSPS) is 15.8. The largest absolute Gasteiger partial charge is 0.489 e. The van der Waals surface area contributed by atoms with Crippen LogP contribution in [0.1, 0.15) is 103 Å². The summed E-state index contributed by atoms with van der Waals surface area (Å²) in [6.07, 6.45) is 4.22. The highest BCUT2D eigenvalue weighted by Gasteiger charge is 2.52. The summed E-state index contributed by atoms with van der Waals surface area (Å²) in [5, 5.41) is 0. The molecule has 4 aromatic carbocycles. The van der Waals surface area contributed by atoms with Gasteiger partial charge in [-0.3, -0.25) is 0 Å². The van der Waals surface area contributed by atoms with Gasteiger partial charge in [0.05, 0.1) is 31.8 Å². The summed E-state index contributed by atoms with van der Waals surface area (Å²) in [5.74, 6) is 4.95. The van der Waals surface area contributed by atoms with Crippen LogP contribution < -0.4 is 18.9 Å². The van der Waals surface area contributed by atoms with Gasteiger partial charge in [0.1, 0.15) is 0 Å². The van der Waals surface area contributed by atoms with Crippen LogP contribution in [0.25, 0.3) is 22.3 Å². The molecule has 0 saturated heterocycles. The molecule has 0 N–H and O–H groups in total. The monoisotopic (exact) mass is 659 g/mol. The second-order valence-corrected chi connectivity index (χ2v) is 14.8. The number of hydrogen-bond acceptors (Lipinski definition) is 4. The molecule has 4 heteroatoms. The van der Waals surface area contributed by atoms with E-state index in [2.05, 4.69) is 122 Å². The van der Waals surface area contributed by atoms with E-state index >= 15 is 0 Å². The molecule has 4 unspecified atom stereocenters. The highest BCUT2D eigenvalue weighted by Crippen LogP contribution is 2.65. The van der Waals surface area contributed by atoms with Crippen LogP contribution in [-0.2, 0) is 5.41 Å². The molecule has 0 saturated carbocycles. The van der Waals surface area contributed by atoms with Crippen molar-refractivity contribution in [3.05, 3.63) is 95.1 Å². The molecule has 4 aromatic rings. The lowest BCUT2D eigenvalue weighted by Crippen LogP contribution is -2.26. The summed E-state index contributed by atoms with van der Waals surface area (Å²) in [5.41, 5.74) is 9.14. The fourth-order valence-electron chi connectivity index (χ4n) is 6.93. The van der Waals surface area contributed by atoms with Crippen LogP contribution in [0.15, 0.2) is 66.7 Å². The lowest BCUT2D eigenvalue weighted by molar-refractivity contribution is 0.217. The Bertz CT molecular complexity index is 1630. The van der Waals surface area contributed by atoms with E-state index in [0.717, 1.165) is 59.8 Å². The van der Waals surface area contributed by atoms with Gasteiger partial charge in [-0.1, -0.05) is 117 Å². The van der Waals surface area contributed by atoms with Crippen LogP contribution in [0, 0.1) is 29.7 Å². The van der Waals surface area contributed by atoms with Gasteiger partial charge >= 0.3 is 0 Å². The predicted molar refractivity (Wildman–Crippen MR) is 201 cm³/mol. The summed E-state index contributed by atoms with van der Waals surface area (Å²) < 4.78 is 26.6. The molecular weight excluding hydrogens is 604 g/mol. The molecule has 1 radical (unpaired) electrons. The van der Waals surface area contributed by atoms with Crippen LogP contribution >= 0.6 is 0 Å². The molecule has 0 fully saturated rings. The van der Waals surface area contributed by atoms with E-state index in [0.29, 0.717) is 50.1 Å². The highest BCUT2D eigenvalue weighted by molar-refractivity contribution is 5.96. The lowest BCUT2D eigenvalue weighted by atomic mass is 9.70. The van der Waals surface area contributed by atoms with Crippen molar-refractivity contribution < 1.29 is 18.9 Å². The van der Waals surface area contributed by atoms with Crippen LogP contribution in [0.3, 0.4) is 0 Å². The molecule has 4 nitrogen and oxygen atoms in total. The third-order valence-electron chi connectivity index (χ3n) is 11.0. The first kappa shape index (κ1) is 34.9. The Labute approximate surface area is 295 Å². The summed E-state index contributed by atoms with van der Waals surface area (Å²) in [4.78, 5) is 0. The summed E-state index contributed by atoms with van der Waals surface area (Å²) in [6, 6.07) is 27.8. The van der Waals surface area contributed by atoms with Gasteiger partial charge in [0.15, 0.2) is 23.0 Å². The van der Waals surface area contributed by atoms with Gasteiger partial charge in [0.2, 0.25) is 0 Å². The van der Waals surface area contributed by atoms with Gasteiger partial charge in [-0.05, 0) is 105 Å². The molecular formula is C45H55O4. The van der Waals surface area contributed by atoms with Gasteiger partial charge in [0, 0.05) is 0 Å². The van der Waals surface area contributed by atoms with Gasteiger partial charge in [0.25, 0.3) is 0 Å². The first-order valence-corrected chi connectivity index (χ1v) is 18.7. The Balaban J connectivity index is 1.63. The maximum absolute atomic E-state index is 6.68. The zero-order valence-corrected chi connectivity index (χ0v) is 31.0. The average molecular weight is 660 g/mol. The Morgan fingerprint density at radius 1 is 0.490 bits per heavy atom. The van der Waals surface area contributed by atoms with E-state index in [1.807, 2.05) is 6.07 Å². The Kier molecular flexibility index (Phi) is 10.6. The van der Waals surface area contributed by atoms with Gasteiger partial charge < -0.3 is 18.9 Å². The molecule has 49 heavy (non-hydrogen) atoms. The van der Waals surface area contributed by atoms with Crippen LogP contribution in [-0.4, -0.2) is 26.4 Å². The van der Waals surface area contributed by atoms with Crippen molar-refractivity contribution in [1.29, 1.82) is 0 Å². The molecule has 259 valence electrons. The second kappa shape index (κ2) is 14.9. The van der Waals surface area contributed by atoms with Crippen molar-refractivity contribution in [1.82, 2.24) is 0 Å². The minimum atomic E-state index is -0.568. The molecule has 0 aromatic heterocycles. The molecule has 0 amide bonds. The Morgan fingerprint density at radius 3 is 1.35 bits per heavy atom. The number of ether oxygens (including phenoxy) is 4.